The number of rotatable bonds is 8. The smallest absolute Gasteiger partial charge is 0.263 e. The van der Waals surface area contributed by atoms with Crippen molar-refractivity contribution in [3.63, 3.8) is 0 Å². The van der Waals surface area contributed by atoms with Crippen LogP contribution in [0.4, 0.5) is 5.69 Å². The van der Waals surface area contributed by atoms with Crippen LogP contribution >= 0.6 is 11.6 Å². The number of sulfonamides is 1. The number of anilines is 1. The highest BCUT2D eigenvalue weighted by Crippen LogP contribution is 2.27. The van der Waals surface area contributed by atoms with Gasteiger partial charge in [-0.3, -0.25) is 14.4 Å². The number of nitrogens with zero attached hydrogens (tertiary/aromatic N) is 1. The van der Waals surface area contributed by atoms with Crippen LogP contribution < -0.4 is 10.0 Å². The number of halogens is 1. The van der Waals surface area contributed by atoms with E-state index >= 15 is 0 Å². The normalized spacial score (nSPS) is 14.4. The summed E-state index contributed by atoms with van der Waals surface area (Å²) in [5.74, 6) is -0.359. The number of benzene rings is 3. The fourth-order valence-corrected chi connectivity index (χ4v) is 6.16. The molecule has 0 spiro atoms. The Kier molecular flexibility index (Phi) is 8.34. The summed E-state index contributed by atoms with van der Waals surface area (Å²) in [7, 11) is -3.99. The zero-order valence-electron chi connectivity index (χ0n) is 20.7. The van der Waals surface area contributed by atoms with Crippen LogP contribution in [0.25, 0.3) is 0 Å². The van der Waals surface area contributed by atoms with Gasteiger partial charge in [-0.15, -0.1) is 0 Å². The molecule has 0 aliphatic carbocycles. The molecular weight excluding hydrogens is 494 g/mol. The predicted octanol–water partition coefficient (Wildman–Crippen LogP) is 5.67. The van der Waals surface area contributed by atoms with E-state index in [1.54, 1.807) is 6.07 Å². The molecule has 3 aromatic rings. The Morgan fingerprint density at radius 2 is 1.67 bits per heavy atom. The van der Waals surface area contributed by atoms with Gasteiger partial charge in [0.25, 0.3) is 15.9 Å². The number of carbonyl (C=O) groups excluding carboxylic acids is 1. The molecule has 6 nitrogen and oxygen atoms in total. The molecule has 36 heavy (non-hydrogen) atoms. The first-order chi connectivity index (χ1) is 17.2. The van der Waals surface area contributed by atoms with Crippen LogP contribution in [0.3, 0.4) is 0 Å². The third kappa shape index (κ3) is 6.46. The van der Waals surface area contributed by atoms with Crippen molar-refractivity contribution in [1.82, 2.24) is 10.2 Å². The second-order valence-corrected chi connectivity index (χ2v) is 11.4. The molecule has 190 valence electrons. The Balaban J connectivity index is 1.48. The van der Waals surface area contributed by atoms with Crippen molar-refractivity contribution in [2.45, 2.75) is 51.1 Å². The van der Waals surface area contributed by atoms with Crippen molar-refractivity contribution in [3.8, 4) is 0 Å². The summed E-state index contributed by atoms with van der Waals surface area (Å²) < 4.78 is 28.8. The van der Waals surface area contributed by atoms with E-state index in [9.17, 15) is 13.2 Å². The molecule has 0 bridgehead atoms. The molecule has 0 aromatic heterocycles. The molecule has 2 N–H and O–H groups in total. The predicted molar refractivity (Wildman–Crippen MR) is 145 cm³/mol. The first-order valence-electron chi connectivity index (χ1n) is 12.2. The zero-order chi connectivity index (χ0) is 25.7. The molecule has 0 unspecified atom stereocenters. The standard InChI is InChI=1S/C28H32ClN3O3S/c1-20-10-13-26(21(2)16-20)31-36(34,35)27-17-22(11-12-25(27)29)28(33)30-18-23-8-4-5-9-24(23)19-32-14-6-3-7-15-32/h4-5,8-13,16-17,31H,3,6-7,14-15,18-19H2,1-2H3,(H,30,33). The minimum absolute atomic E-state index is 0.0516. The second kappa shape index (κ2) is 11.5. The quantitative estimate of drug-likeness (QED) is 0.397. The Morgan fingerprint density at radius 3 is 2.39 bits per heavy atom. The van der Waals surface area contributed by atoms with Crippen LogP contribution in [0.1, 0.15) is 51.9 Å². The molecule has 8 heteroatoms. The van der Waals surface area contributed by atoms with Gasteiger partial charge in [0.05, 0.1) is 10.7 Å². The second-order valence-electron chi connectivity index (χ2n) is 9.36. The highest BCUT2D eigenvalue weighted by Gasteiger charge is 2.21. The van der Waals surface area contributed by atoms with Gasteiger partial charge < -0.3 is 5.32 Å². The van der Waals surface area contributed by atoms with Crippen molar-refractivity contribution in [2.24, 2.45) is 0 Å². The summed E-state index contributed by atoms with van der Waals surface area (Å²) in [4.78, 5) is 15.3. The lowest BCUT2D eigenvalue weighted by atomic mass is 10.0. The van der Waals surface area contributed by atoms with Crippen LogP contribution in [0.15, 0.2) is 65.6 Å². The first-order valence-corrected chi connectivity index (χ1v) is 14.1. The van der Waals surface area contributed by atoms with Crippen molar-refractivity contribution < 1.29 is 13.2 Å². The fraction of sp³-hybridized carbons (Fsp3) is 0.321. The van der Waals surface area contributed by atoms with E-state index in [-0.39, 0.29) is 21.4 Å². The maximum atomic E-state index is 13.1. The Morgan fingerprint density at radius 1 is 0.944 bits per heavy atom. The minimum Gasteiger partial charge on any atom is -0.348 e. The van der Waals surface area contributed by atoms with Gasteiger partial charge in [0.15, 0.2) is 0 Å². The molecular formula is C28H32ClN3O3S. The zero-order valence-corrected chi connectivity index (χ0v) is 22.3. The number of likely N-dealkylation sites (tertiary alicyclic amines) is 1. The Hall–Kier alpha value is -2.87. The molecule has 1 saturated heterocycles. The number of amides is 1. The number of hydrogen-bond donors (Lipinski definition) is 2. The van der Waals surface area contributed by atoms with Crippen molar-refractivity contribution in [2.75, 3.05) is 17.8 Å². The van der Waals surface area contributed by atoms with E-state index in [0.717, 1.165) is 36.3 Å². The van der Waals surface area contributed by atoms with Gasteiger partial charge in [0, 0.05) is 18.7 Å². The molecule has 0 saturated carbocycles. The summed E-state index contributed by atoms with van der Waals surface area (Å²) in [6.07, 6.45) is 3.73. The lowest BCUT2D eigenvalue weighted by Crippen LogP contribution is -2.30. The summed E-state index contributed by atoms with van der Waals surface area (Å²) in [5, 5.41) is 2.99. The average Bonchev–Trinajstić information content (AvgIpc) is 2.86. The Bertz CT molecular complexity index is 1350. The van der Waals surface area contributed by atoms with Crippen molar-refractivity contribution in [3.05, 3.63) is 93.5 Å². The molecule has 1 heterocycles. The van der Waals surface area contributed by atoms with Crippen LogP contribution in [-0.2, 0) is 23.1 Å². The van der Waals surface area contributed by atoms with E-state index < -0.39 is 10.0 Å². The van der Waals surface area contributed by atoms with Gasteiger partial charge in [0.2, 0.25) is 0 Å². The van der Waals surface area contributed by atoms with Gasteiger partial charge >= 0.3 is 0 Å². The van der Waals surface area contributed by atoms with E-state index in [0.29, 0.717) is 12.2 Å². The molecule has 0 atom stereocenters. The van der Waals surface area contributed by atoms with Crippen LogP contribution in [0.2, 0.25) is 5.02 Å². The molecule has 1 aliphatic heterocycles. The molecule has 1 amide bonds. The molecule has 1 aliphatic rings. The Labute approximate surface area is 218 Å². The minimum atomic E-state index is -3.99. The number of carbonyl (C=O) groups is 1. The van der Waals surface area contributed by atoms with E-state index in [2.05, 4.69) is 21.0 Å². The first kappa shape index (κ1) is 26.2. The van der Waals surface area contributed by atoms with E-state index in [1.807, 2.05) is 44.2 Å². The third-order valence-corrected chi connectivity index (χ3v) is 8.36. The highest BCUT2D eigenvalue weighted by molar-refractivity contribution is 7.92. The molecule has 0 radical (unpaired) electrons. The summed E-state index contributed by atoms with van der Waals surface area (Å²) in [6.45, 7) is 7.18. The highest BCUT2D eigenvalue weighted by atomic mass is 35.5. The van der Waals surface area contributed by atoms with Gasteiger partial charge in [-0.2, -0.15) is 0 Å². The summed E-state index contributed by atoms with van der Waals surface area (Å²) in [6, 6.07) is 17.8. The van der Waals surface area contributed by atoms with Crippen molar-refractivity contribution >= 4 is 33.2 Å². The van der Waals surface area contributed by atoms with Gasteiger partial charge in [-0.05, 0) is 80.7 Å². The summed E-state index contributed by atoms with van der Waals surface area (Å²) >= 11 is 6.25. The van der Waals surface area contributed by atoms with Crippen LogP contribution in [0.5, 0.6) is 0 Å². The number of hydrogen-bond acceptors (Lipinski definition) is 4. The maximum Gasteiger partial charge on any atom is 0.263 e. The lowest BCUT2D eigenvalue weighted by Gasteiger charge is -2.27. The van der Waals surface area contributed by atoms with Gasteiger partial charge in [-0.1, -0.05) is 60.0 Å². The van der Waals surface area contributed by atoms with Crippen LogP contribution in [-0.4, -0.2) is 32.3 Å². The number of aryl methyl sites for hydroxylation is 2. The van der Waals surface area contributed by atoms with E-state index in [4.69, 9.17) is 11.6 Å². The SMILES string of the molecule is Cc1ccc(NS(=O)(=O)c2cc(C(=O)NCc3ccccc3CN3CCCCC3)ccc2Cl)c(C)c1. The largest absolute Gasteiger partial charge is 0.348 e. The van der Waals surface area contributed by atoms with Crippen molar-refractivity contribution in [1.29, 1.82) is 0 Å². The third-order valence-electron chi connectivity index (χ3n) is 6.51. The van der Waals surface area contributed by atoms with Gasteiger partial charge in [0.1, 0.15) is 4.90 Å². The topological polar surface area (TPSA) is 78.5 Å². The molecule has 3 aromatic carbocycles. The average molecular weight is 526 g/mol. The summed E-state index contributed by atoms with van der Waals surface area (Å²) in [5.41, 5.74) is 4.77. The maximum absolute atomic E-state index is 13.1. The molecule has 4 rings (SSSR count). The lowest BCUT2D eigenvalue weighted by molar-refractivity contribution is 0.0950. The van der Waals surface area contributed by atoms with Gasteiger partial charge in [-0.25, -0.2) is 8.42 Å². The fourth-order valence-electron chi connectivity index (χ4n) is 4.50. The van der Waals surface area contributed by atoms with E-state index in [1.165, 1.54) is 43.0 Å². The molecule has 1 fully saturated rings. The number of nitrogens with one attached hydrogen (secondary N) is 2. The number of piperidine rings is 1. The monoisotopic (exact) mass is 525 g/mol. The van der Waals surface area contributed by atoms with Crippen LogP contribution in [0, 0.1) is 13.8 Å².